The maximum atomic E-state index is 14.2. The first kappa shape index (κ1) is 23.0. The van der Waals surface area contributed by atoms with Crippen LogP contribution in [0.15, 0.2) is 78.4 Å². The monoisotopic (exact) mass is 456 g/mol. The van der Waals surface area contributed by atoms with Gasteiger partial charge >= 0.3 is 11.9 Å². The molecule has 34 heavy (non-hydrogen) atoms. The molecule has 0 fully saturated rings. The topological polar surface area (TPSA) is 78.9 Å². The van der Waals surface area contributed by atoms with Crippen LogP contribution in [0.1, 0.15) is 32.6 Å². The van der Waals surface area contributed by atoms with E-state index in [1.807, 2.05) is 6.92 Å². The van der Waals surface area contributed by atoms with E-state index in [1.165, 1.54) is 14.2 Å². The Morgan fingerprint density at radius 1 is 0.765 bits per heavy atom. The first-order valence-electron chi connectivity index (χ1n) is 10.7. The molecule has 0 amide bonds. The van der Waals surface area contributed by atoms with E-state index in [2.05, 4.69) is 0 Å². The lowest BCUT2D eigenvalue weighted by Gasteiger charge is -2.37. The summed E-state index contributed by atoms with van der Waals surface area (Å²) in [7, 11) is 3.99. The van der Waals surface area contributed by atoms with Gasteiger partial charge in [-0.3, -0.25) is 9.59 Å². The van der Waals surface area contributed by atoms with Crippen molar-refractivity contribution >= 4 is 23.3 Å². The summed E-state index contributed by atoms with van der Waals surface area (Å²) in [5.74, 6) is -1.57. The number of carbonyl (C=O) groups excluding carboxylic acids is 3. The maximum absolute atomic E-state index is 14.2. The molecule has 0 aliphatic heterocycles. The molecule has 0 radical (unpaired) electrons. The molecule has 3 aromatic rings. The van der Waals surface area contributed by atoms with Crippen LogP contribution in [0.25, 0.3) is 5.57 Å². The molecule has 0 bridgehead atoms. The van der Waals surface area contributed by atoms with E-state index in [-0.39, 0.29) is 5.57 Å². The van der Waals surface area contributed by atoms with Gasteiger partial charge in [-0.15, -0.1) is 0 Å². The average molecular weight is 456 g/mol. The van der Waals surface area contributed by atoms with Crippen molar-refractivity contribution in [3.63, 3.8) is 0 Å². The van der Waals surface area contributed by atoms with Crippen molar-refractivity contribution in [3.8, 4) is 5.75 Å². The van der Waals surface area contributed by atoms with Crippen LogP contribution < -0.4 is 4.74 Å². The normalized spacial score (nSPS) is 17.1. The van der Waals surface area contributed by atoms with Gasteiger partial charge in [0, 0.05) is 11.1 Å². The van der Waals surface area contributed by atoms with E-state index in [4.69, 9.17) is 14.2 Å². The van der Waals surface area contributed by atoms with Gasteiger partial charge in [-0.1, -0.05) is 66.2 Å². The fraction of sp³-hybridized carbons (Fsp3) is 0.179. The number of rotatable bonds is 5. The molecule has 0 saturated heterocycles. The molecule has 0 N–H and O–H groups in total. The smallest absolute Gasteiger partial charge is 0.336 e. The minimum absolute atomic E-state index is 0.0837. The van der Waals surface area contributed by atoms with Crippen LogP contribution >= 0.6 is 0 Å². The Kier molecular flexibility index (Phi) is 6.07. The first-order chi connectivity index (χ1) is 16.4. The van der Waals surface area contributed by atoms with Crippen LogP contribution in [-0.2, 0) is 24.5 Å². The standard InChI is InChI=1S/C28H24O6/c1-17-9-13-19(14-10-17)28(27(31)34-4)24(26(30)33-3)23(18-11-15-20(32-2)16-12-18)21-7-5-6-8-22(21)25(28)29/h5-16H,1-4H3/t28-/m1/s1. The average Bonchev–Trinajstić information content (AvgIpc) is 2.88. The summed E-state index contributed by atoms with van der Waals surface area (Å²) in [5.41, 5.74) is 1.04. The van der Waals surface area contributed by atoms with Crippen LogP contribution in [-0.4, -0.2) is 39.1 Å². The number of ether oxygens (including phenoxy) is 3. The van der Waals surface area contributed by atoms with Crippen molar-refractivity contribution in [2.75, 3.05) is 21.3 Å². The van der Waals surface area contributed by atoms with Gasteiger partial charge in [0.2, 0.25) is 0 Å². The van der Waals surface area contributed by atoms with E-state index >= 15 is 0 Å². The van der Waals surface area contributed by atoms with E-state index in [9.17, 15) is 14.4 Å². The Balaban J connectivity index is 2.21. The molecule has 6 nitrogen and oxygen atoms in total. The fourth-order valence-corrected chi connectivity index (χ4v) is 4.50. The minimum atomic E-state index is -2.04. The Hall–Kier alpha value is -4.19. The minimum Gasteiger partial charge on any atom is -0.497 e. The lowest BCUT2D eigenvalue weighted by Crippen LogP contribution is -2.51. The number of Topliss-reactive ketones (excluding diaryl/α,β-unsaturated/α-hetero) is 1. The van der Waals surface area contributed by atoms with Gasteiger partial charge in [0.1, 0.15) is 5.75 Å². The zero-order valence-electron chi connectivity index (χ0n) is 19.4. The second kappa shape index (κ2) is 8.98. The van der Waals surface area contributed by atoms with Gasteiger partial charge < -0.3 is 14.2 Å². The van der Waals surface area contributed by atoms with Crippen LogP contribution in [0.3, 0.4) is 0 Å². The predicted molar refractivity (Wildman–Crippen MR) is 127 cm³/mol. The third kappa shape index (κ3) is 3.39. The molecule has 1 atom stereocenters. The quantitative estimate of drug-likeness (QED) is 0.421. The molecule has 0 heterocycles. The SMILES string of the molecule is COC(=O)C1=C(c2ccc(OC)cc2)c2ccccc2C(=O)[C@@]1(C(=O)OC)c1ccc(C)cc1. The summed E-state index contributed by atoms with van der Waals surface area (Å²) in [6.45, 7) is 1.90. The summed E-state index contributed by atoms with van der Waals surface area (Å²) in [6.07, 6.45) is 0. The van der Waals surface area contributed by atoms with E-state index < -0.39 is 23.1 Å². The number of carbonyl (C=O) groups is 3. The van der Waals surface area contributed by atoms with Gasteiger partial charge in [-0.05, 0) is 35.7 Å². The van der Waals surface area contributed by atoms with Gasteiger partial charge in [0.05, 0.1) is 26.9 Å². The Morgan fingerprint density at radius 2 is 1.38 bits per heavy atom. The van der Waals surface area contributed by atoms with Crippen molar-refractivity contribution in [1.82, 2.24) is 0 Å². The zero-order valence-corrected chi connectivity index (χ0v) is 19.4. The molecule has 0 spiro atoms. The van der Waals surface area contributed by atoms with Gasteiger partial charge in [0.15, 0.2) is 11.2 Å². The largest absolute Gasteiger partial charge is 0.497 e. The first-order valence-corrected chi connectivity index (χ1v) is 10.7. The number of hydrogen-bond acceptors (Lipinski definition) is 6. The van der Waals surface area contributed by atoms with Gasteiger partial charge in [-0.2, -0.15) is 0 Å². The molecule has 6 heteroatoms. The predicted octanol–water partition coefficient (Wildman–Crippen LogP) is 4.29. The number of aryl methyl sites for hydroxylation is 1. The lowest BCUT2D eigenvalue weighted by atomic mass is 9.62. The molecule has 0 aromatic heterocycles. The van der Waals surface area contributed by atoms with Crippen LogP contribution in [0.2, 0.25) is 0 Å². The fourth-order valence-electron chi connectivity index (χ4n) is 4.50. The summed E-state index contributed by atoms with van der Waals surface area (Å²) >= 11 is 0. The Morgan fingerprint density at radius 3 is 1.94 bits per heavy atom. The number of ketones is 1. The third-order valence-electron chi connectivity index (χ3n) is 6.15. The number of hydrogen-bond donors (Lipinski definition) is 0. The molecule has 0 unspecified atom stereocenters. The summed E-state index contributed by atoms with van der Waals surface area (Å²) in [6, 6.07) is 20.9. The van der Waals surface area contributed by atoms with Crippen molar-refractivity contribution < 1.29 is 28.6 Å². The van der Waals surface area contributed by atoms with E-state index in [0.717, 1.165) is 5.56 Å². The van der Waals surface area contributed by atoms with Crippen molar-refractivity contribution in [2.24, 2.45) is 0 Å². The number of esters is 2. The van der Waals surface area contributed by atoms with Crippen LogP contribution in [0, 0.1) is 6.92 Å². The second-order valence-electron chi connectivity index (χ2n) is 7.95. The molecule has 172 valence electrons. The number of fused-ring (bicyclic) bond motifs is 1. The highest BCUT2D eigenvalue weighted by Crippen LogP contribution is 2.48. The molecule has 0 saturated carbocycles. The third-order valence-corrected chi connectivity index (χ3v) is 6.15. The highest BCUT2D eigenvalue weighted by Gasteiger charge is 2.58. The van der Waals surface area contributed by atoms with Crippen LogP contribution in [0.5, 0.6) is 5.75 Å². The van der Waals surface area contributed by atoms with Crippen molar-refractivity contribution in [2.45, 2.75) is 12.3 Å². The highest BCUT2D eigenvalue weighted by atomic mass is 16.5. The van der Waals surface area contributed by atoms with E-state index in [1.54, 1.807) is 79.9 Å². The number of benzene rings is 3. The van der Waals surface area contributed by atoms with E-state index in [0.29, 0.717) is 33.6 Å². The summed E-state index contributed by atoms with van der Waals surface area (Å²) in [5, 5.41) is 0. The Bertz CT molecular complexity index is 1300. The van der Waals surface area contributed by atoms with Crippen LogP contribution in [0.4, 0.5) is 0 Å². The molecule has 4 rings (SSSR count). The highest BCUT2D eigenvalue weighted by molar-refractivity contribution is 6.31. The maximum Gasteiger partial charge on any atom is 0.336 e. The molecular weight excluding hydrogens is 432 g/mol. The lowest BCUT2D eigenvalue weighted by molar-refractivity contribution is -0.147. The summed E-state index contributed by atoms with van der Waals surface area (Å²) in [4.78, 5) is 41.2. The Labute approximate surface area is 197 Å². The number of methoxy groups -OCH3 is 3. The zero-order chi connectivity index (χ0) is 24.5. The molecule has 1 aliphatic rings. The molecule has 3 aromatic carbocycles. The second-order valence-corrected chi connectivity index (χ2v) is 7.95. The molecular formula is C28H24O6. The van der Waals surface area contributed by atoms with Crippen molar-refractivity contribution in [3.05, 3.63) is 106 Å². The summed E-state index contributed by atoms with van der Waals surface area (Å²) < 4.78 is 15.6. The molecule has 1 aliphatic carbocycles. The van der Waals surface area contributed by atoms with Crippen molar-refractivity contribution in [1.29, 1.82) is 0 Å². The van der Waals surface area contributed by atoms with Gasteiger partial charge in [0.25, 0.3) is 0 Å². The van der Waals surface area contributed by atoms with Gasteiger partial charge in [-0.25, -0.2) is 4.79 Å².